The zero-order valence-electron chi connectivity index (χ0n) is 12.8. The maximum atomic E-state index is 12.5. The normalized spacial score (nSPS) is 19.4. The van der Waals surface area contributed by atoms with Crippen molar-refractivity contribution in [2.45, 2.75) is 43.8 Å². The Morgan fingerprint density at radius 1 is 1.17 bits per heavy atom. The van der Waals surface area contributed by atoms with E-state index in [2.05, 4.69) is 5.32 Å². The van der Waals surface area contributed by atoms with Gasteiger partial charge in [0.1, 0.15) is 12.1 Å². The predicted molar refractivity (Wildman–Crippen MR) is 78.3 cm³/mol. The highest BCUT2D eigenvalue weighted by Crippen LogP contribution is 2.19. The van der Waals surface area contributed by atoms with Gasteiger partial charge < -0.3 is 31.9 Å². The number of carboxylic acid groups (broad SMARTS) is 2. The fraction of sp³-hybridized carbons (Fsp3) is 0.615. The summed E-state index contributed by atoms with van der Waals surface area (Å²) < 4.78 is 0. The molecule has 0 unspecified atom stereocenters. The molecular formula is C13H20N4O7. The van der Waals surface area contributed by atoms with E-state index in [1.165, 1.54) is 0 Å². The summed E-state index contributed by atoms with van der Waals surface area (Å²) in [5.74, 6) is -5.09. The predicted octanol–water partition coefficient (Wildman–Crippen LogP) is -2.78. The van der Waals surface area contributed by atoms with Gasteiger partial charge in [-0.1, -0.05) is 0 Å². The number of aliphatic carboxylic acids is 2. The minimum Gasteiger partial charge on any atom is -0.481 e. The molecule has 0 aromatic rings. The Bertz CT molecular complexity index is 550. The molecule has 0 bridgehead atoms. The van der Waals surface area contributed by atoms with Gasteiger partial charge in [-0.25, -0.2) is 4.79 Å². The zero-order chi connectivity index (χ0) is 18.4. The molecule has 24 heavy (non-hydrogen) atoms. The van der Waals surface area contributed by atoms with Crippen molar-refractivity contribution in [2.24, 2.45) is 11.5 Å². The first-order chi connectivity index (χ1) is 11.1. The molecule has 0 radical (unpaired) electrons. The number of primary amides is 1. The van der Waals surface area contributed by atoms with E-state index in [1.807, 2.05) is 0 Å². The van der Waals surface area contributed by atoms with E-state index >= 15 is 0 Å². The molecule has 1 aliphatic heterocycles. The van der Waals surface area contributed by atoms with Crippen LogP contribution in [0.25, 0.3) is 0 Å². The summed E-state index contributed by atoms with van der Waals surface area (Å²) in [4.78, 5) is 58.2. The molecule has 1 rings (SSSR count). The minimum atomic E-state index is -1.42. The topological polar surface area (TPSA) is 193 Å². The van der Waals surface area contributed by atoms with Gasteiger partial charge in [0.05, 0.1) is 18.9 Å². The Balaban J connectivity index is 2.86. The quantitative estimate of drug-likeness (QED) is 0.312. The van der Waals surface area contributed by atoms with Crippen LogP contribution >= 0.6 is 0 Å². The van der Waals surface area contributed by atoms with Crippen LogP contribution in [0, 0.1) is 0 Å². The molecule has 0 aromatic heterocycles. The van der Waals surface area contributed by atoms with Gasteiger partial charge in [0.15, 0.2) is 0 Å². The van der Waals surface area contributed by atoms with Crippen LogP contribution in [0.4, 0.5) is 0 Å². The third-order valence-corrected chi connectivity index (χ3v) is 3.57. The van der Waals surface area contributed by atoms with Gasteiger partial charge in [-0.05, 0) is 12.8 Å². The number of carbonyl (C=O) groups excluding carboxylic acids is 3. The highest BCUT2D eigenvalue weighted by molar-refractivity contribution is 5.95. The molecule has 1 fully saturated rings. The largest absolute Gasteiger partial charge is 0.481 e. The standard InChI is InChI=1S/C13H20N4O7/c14-6(4-10(19)20)11(21)16-7(5-9(15)18)12(22)17-3-1-2-8(17)13(23)24/h6-8H,1-5,14H2,(H2,15,18)(H,16,21)(H,19,20)(H,23,24)/t6-,7-,8-/m0/s1. The number of carboxylic acids is 2. The van der Waals surface area contributed by atoms with Gasteiger partial charge in [0, 0.05) is 6.54 Å². The number of rotatable bonds is 8. The lowest BCUT2D eigenvalue weighted by atomic mass is 10.1. The van der Waals surface area contributed by atoms with E-state index in [4.69, 9.17) is 21.7 Å². The molecule has 3 amide bonds. The Hall–Kier alpha value is -2.69. The van der Waals surface area contributed by atoms with E-state index in [0.717, 1.165) is 4.90 Å². The van der Waals surface area contributed by atoms with Gasteiger partial charge in [0.25, 0.3) is 0 Å². The molecule has 3 atom stereocenters. The average molecular weight is 344 g/mol. The Labute approximate surface area is 136 Å². The van der Waals surface area contributed by atoms with E-state index in [0.29, 0.717) is 6.42 Å². The highest BCUT2D eigenvalue weighted by atomic mass is 16.4. The maximum Gasteiger partial charge on any atom is 0.326 e. The second-order valence-electron chi connectivity index (χ2n) is 5.46. The first-order valence-electron chi connectivity index (χ1n) is 7.22. The van der Waals surface area contributed by atoms with Gasteiger partial charge in [0.2, 0.25) is 17.7 Å². The SMILES string of the molecule is NC(=O)C[C@H](NC(=O)[C@@H](N)CC(=O)O)C(=O)N1CCC[C@H]1C(=O)O. The molecule has 7 N–H and O–H groups in total. The van der Waals surface area contributed by atoms with Gasteiger partial charge in [-0.3, -0.25) is 19.2 Å². The van der Waals surface area contributed by atoms with Crippen molar-refractivity contribution in [3.05, 3.63) is 0 Å². The first-order valence-corrected chi connectivity index (χ1v) is 7.22. The van der Waals surface area contributed by atoms with E-state index in [-0.39, 0.29) is 13.0 Å². The Kier molecular flexibility index (Phi) is 6.65. The summed E-state index contributed by atoms with van der Waals surface area (Å²) >= 11 is 0. The third-order valence-electron chi connectivity index (χ3n) is 3.57. The first kappa shape index (κ1) is 19.4. The van der Waals surface area contributed by atoms with E-state index in [9.17, 15) is 24.0 Å². The number of nitrogens with zero attached hydrogens (tertiary/aromatic N) is 1. The Morgan fingerprint density at radius 2 is 1.79 bits per heavy atom. The van der Waals surface area contributed by atoms with Gasteiger partial charge in [-0.2, -0.15) is 0 Å². The summed E-state index contributed by atoms with van der Waals surface area (Å²) in [5, 5.41) is 19.9. The molecule has 0 saturated carbocycles. The molecule has 11 heteroatoms. The second kappa shape index (κ2) is 8.24. The summed E-state index contributed by atoms with van der Waals surface area (Å²) in [6, 6.07) is -3.85. The third kappa shape index (κ3) is 5.19. The lowest BCUT2D eigenvalue weighted by Gasteiger charge is -2.27. The molecule has 134 valence electrons. The van der Waals surface area contributed by atoms with Crippen LogP contribution in [-0.2, 0) is 24.0 Å². The number of amides is 3. The molecule has 0 spiro atoms. The molecule has 1 saturated heterocycles. The smallest absolute Gasteiger partial charge is 0.326 e. The number of hydrogen-bond donors (Lipinski definition) is 5. The van der Waals surface area contributed by atoms with Gasteiger partial charge in [-0.15, -0.1) is 0 Å². The van der Waals surface area contributed by atoms with Crippen molar-refractivity contribution in [2.75, 3.05) is 6.54 Å². The number of hydrogen-bond acceptors (Lipinski definition) is 6. The molecular weight excluding hydrogens is 324 g/mol. The average Bonchev–Trinajstić information content (AvgIpc) is 2.93. The van der Waals surface area contributed by atoms with Crippen LogP contribution in [0.2, 0.25) is 0 Å². The van der Waals surface area contributed by atoms with Crippen LogP contribution in [0.5, 0.6) is 0 Å². The summed E-state index contributed by atoms with van der Waals surface area (Å²) in [7, 11) is 0. The summed E-state index contributed by atoms with van der Waals surface area (Å²) in [5.41, 5.74) is 10.5. The zero-order valence-corrected chi connectivity index (χ0v) is 12.8. The Morgan fingerprint density at radius 3 is 2.29 bits per heavy atom. The molecule has 1 heterocycles. The van der Waals surface area contributed by atoms with Crippen LogP contribution in [0.1, 0.15) is 25.7 Å². The summed E-state index contributed by atoms with van der Waals surface area (Å²) in [6.45, 7) is 0.169. The number of carbonyl (C=O) groups is 5. The van der Waals surface area contributed by atoms with E-state index < -0.39 is 60.6 Å². The maximum absolute atomic E-state index is 12.5. The van der Waals surface area contributed by atoms with Crippen molar-refractivity contribution in [1.29, 1.82) is 0 Å². The van der Waals surface area contributed by atoms with Gasteiger partial charge >= 0.3 is 11.9 Å². The molecule has 0 aliphatic carbocycles. The summed E-state index contributed by atoms with van der Waals surface area (Å²) in [6.07, 6.45) is -0.479. The number of nitrogens with one attached hydrogen (secondary N) is 1. The van der Waals surface area contributed by atoms with Crippen LogP contribution < -0.4 is 16.8 Å². The van der Waals surface area contributed by atoms with Crippen molar-refractivity contribution in [3.63, 3.8) is 0 Å². The number of likely N-dealkylation sites (tertiary alicyclic amines) is 1. The lowest BCUT2D eigenvalue weighted by molar-refractivity contribution is -0.149. The second-order valence-corrected chi connectivity index (χ2v) is 5.46. The minimum absolute atomic E-state index is 0.169. The van der Waals surface area contributed by atoms with Crippen LogP contribution in [-0.4, -0.2) is 69.4 Å². The van der Waals surface area contributed by atoms with E-state index in [1.54, 1.807) is 0 Å². The van der Waals surface area contributed by atoms with Crippen molar-refractivity contribution in [3.8, 4) is 0 Å². The fourth-order valence-electron chi connectivity index (χ4n) is 2.45. The molecule has 1 aliphatic rings. The van der Waals surface area contributed by atoms with Crippen molar-refractivity contribution >= 4 is 29.7 Å². The highest BCUT2D eigenvalue weighted by Gasteiger charge is 2.38. The van der Waals surface area contributed by atoms with Crippen molar-refractivity contribution in [1.82, 2.24) is 10.2 Å². The van der Waals surface area contributed by atoms with Crippen LogP contribution in [0.15, 0.2) is 0 Å². The molecule has 11 nitrogen and oxygen atoms in total. The lowest BCUT2D eigenvalue weighted by Crippen LogP contribution is -2.55. The number of nitrogens with two attached hydrogens (primary N) is 2. The monoisotopic (exact) mass is 344 g/mol. The fourth-order valence-corrected chi connectivity index (χ4v) is 2.45. The van der Waals surface area contributed by atoms with Crippen molar-refractivity contribution < 1.29 is 34.2 Å². The van der Waals surface area contributed by atoms with Crippen LogP contribution in [0.3, 0.4) is 0 Å². The molecule has 0 aromatic carbocycles.